The molecule has 2 N–H and O–H groups in total. The van der Waals surface area contributed by atoms with Gasteiger partial charge in [-0.2, -0.15) is 0 Å². The molecule has 2 heterocycles. The van der Waals surface area contributed by atoms with E-state index in [9.17, 15) is 19.8 Å². The molecule has 1 saturated heterocycles. The van der Waals surface area contributed by atoms with Crippen LogP contribution in [-0.2, 0) is 14.3 Å². The van der Waals surface area contributed by atoms with Crippen molar-refractivity contribution in [3.05, 3.63) is 22.4 Å². The molecule has 7 heteroatoms. The first-order chi connectivity index (χ1) is 19.4. The van der Waals surface area contributed by atoms with Crippen molar-refractivity contribution in [2.45, 2.75) is 104 Å². The minimum Gasteiger partial charge on any atom is -0.481 e. The molecule has 41 heavy (non-hydrogen) atoms. The molecule has 6 aliphatic rings. The Morgan fingerprint density at radius 2 is 1.66 bits per heavy atom. The van der Waals surface area contributed by atoms with E-state index < -0.39 is 17.0 Å². The van der Waals surface area contributed by atoms with Crippen molar-refractivity contribution >= 4 is 23.3 Å². The van der Waals surface area contributed by atoms with Gasteiger partial charge in [0.25, 0.3) is 0 Å². The van der Waals surface area contributed by atoms with Crippen molar-refractivity contribution in [3.63, 3.8) is 0 Å². The number of aliphatic carboxylic acids is 1. The zero-order valence-electron chi connectivity index (χ0n) is 25.2. The number of ether oxygens (including phenoxy) is 2. The van der Waals surface area contributed by atoms with Crippen LogP contribution in [0.1, 0.15) is 102 Å². The molecule has 0 amide bonds. The summed E-state index contributed by atoms with van der Waals surface area (Å²) in [4.78, 5) is 26.4. The van der Waals surface area contributed by atoms with Gasteiger partial charge in [0.05, 0.1) is 18.1 Å². The average Bonchev–Trinajstić information content (AvgIpc) is 3.32. The number of epoxide rings is 1. The molecule has 7 rings (SSSR count). The Balaban J connectivity index is 1.18. The smallest absolute Gasteiger partial charge is 0.348 e. The van der Waals surface area contributed by atoms with E-state index in [0.717, 1.165) is 51.4 Å². The number of carboxylic acids is 1. The summed E-state index contributed by atoms with van der Waals surface area (Å²) in [6, 6.07) is 3.64. The maximum Gasteiger partial charge on any atom is 0.348 e. The van der Waals surface area contributed by atoms with E-state index in [2.05, 4.69) is 27.7 Å². The third-order valence-electron chi connectivity index (χ3n) is 14.3. The summed E-state index contributed by atoms with van der Waals surface area (Å²) in [5, 5.41) is 23.6. The quantitative estimate of drug-likeness (QED) is 0.292. The first kappa shape index (κ1) is 28.3. The van der Waals surface area contributed by atoms with E-state index >= 15 is 0 Å². The van der Waals surface area contributed by atoms with Crippen molar-refractivity contribution in [2.24, 2.45) is 57.2 Å². The molecule has 0 bridgehead atoms. The van der Waals surface area contributed by atoms with Crippen LogP contribution in [0.3, 0.4) is 0 Å². The van der Waals surface area contributed by atoms with Gasteiger partial charge in [-0.15, -0.1) is 11.3 Å². The number of aliphatic hydroxyl groups excluding tert-OH is 1. The molecule has 6 nitrogen and oxygen atoms in total. The van der Waals surface area contributed by atoms with Gasteiger partial charge in [-0.1, -0.05) is 33.8 Å². The van der Waals surface area contributed by atoms with Gasteiger partial charge >= 0.3 is 11.9 Å². The number of hydrogen-bond donors (Lipinski definition) is 2. The lowest BCUT2D eigenvalue weighted by atomic mass is 9.36. The fourth-order valence-electron chi connectivity index (χ4n) is 12.4. The van der Waals surface area contributed by atoms with E-state index in [1.54, 1.807) is 6.07 Å². The van der Waals surface area contributed by atoms with Crippen LogP contribution in [0.2, 0.25) is 0 Å². The molecular formula is C34H48O6S. The Kier molecular flexibility index (Phi) is 6.41. The van der Waals surface area contributed by atoms with Crippen LogP contribution in [0.15, 0.2) is 17.5 Å². The third-order valence-corrected chi connectivity index (χ3v) is 15.2. The molecular weight excluding hydrogens is 536 g/mol. The lowest BCUT2D eigenvalue weighted by Crippen LogP contribution is -2.64. The molecule has 1 aromatic heterocycles. The largest absolute Gasteiger partial charge is 0.481 e. The van der Waals surface area contributed by atoms with E-state index in [4.69, 9.17) is 9.47 Å². The van der Waals surface area contributed by atoms with Crippen LogP contribution in [0.5, 0.6) is 0 Å². The second kappa shape index (κ2) is 9.28. The summed E-state index contributed by atoms with van der Waals surface area (Å²) in [7, 11) is 0. The maximum absolute atomic E-state index is 13.1. The molecule has 11 atom stereocenters. The van der Waals surface area contributed by atoms with Crippen LogP contribution >= 0.6 is 11.3 Å². The fraction of sp³-hybridized carbons (Fsp3) is 0.824. The van der Waals surface area contributed by atoms with E-state index in [1.165, 1.54) is 17.8 Å². The van der Waals surface area contributed by atoms with Crippen LogP contribution < -0.4 is 0 Å². The number of fused-ring (bicyclic) bond motifs is 7. The number of rotatable bonds is 5. The zero-order chi connectivity index (χ0) is 29.0. The molecule has 5 unspecified atom stereocenters. The Bertz CT molecular complexity index is 1210. The number of carbonyl (C=O) groups excluding carboxylic acids is 1. The Morgan fingerprint density at radius 3 is 2.32 bits per heavy atom. The van der Waals surface area contributed by atoms with Gasteiger partial charge in [0.2, 0.25) is 0 Å². The maximum atomic E-state index is 13.1. The predicted molar refractivity (Wildman–Crippen MR) is 156 cm³/mol. The highest BCUT2D eigenvalue weighted by atomic mass is 32.1. The first-order valence-electron chi connectivity index (χ1n) is 16.2. The fourth-order valence-corrected chi connectivity index (χ4v) is 13.0. The molecule has 0 radical (unpaired) electrons. The number of aliphatic hydroxyl groups is 1. The molecule has 1 aliphatic heterocycles. The summed E-state index contributed by atoms with van der Waals surface area (Å²) in [5.41, 5.74) is -0.893. The van der Waals surface area contributed by atoms with Gasteiger partial charge in [0, 0.05) is 0 Å². The van der Waals surface area contributed by atoms with Crippen LogP contribution in [0.25, 0.3) is 0 Å². The highest BCUT2D eigenvalue weighted by Crippen LogP contribution is 2.74. The standard InChI is InChI=1S/C34H48O6S/c1-30(2)24-11-13-31(3)21-9-15-33(29(37)38)16-10-22(34(19-40-34)18-39-28(36)23-6-5-17-41-23)27(33)20(21)7-8-25(31)32(24,4)14-12-26(30)35/h5-6,17,20-22,24-27,35H,7-16,18-19H2,1-4H3,(H,37,38)/t20?,21?,22-,24?,25?,26-,27-,31+,32+,33-,34?/m1/s1. The van der Waals surface area contributed by atoms with Crippen molar-refractivity contribution < 1.29 is 29.3 Å². The minimum absolute atomic E-state index is 0.0645. The van der Waals surface area contributed by atoms with E-state index in [-0.39, 0.29) is 46.8 Å². The first-order valence-corrected chi connectivity index (χ1v) is 17.0. The number of thiophene rings is 1. The Hall–Kier alpha value is -1.44. The van der Waals surface area contributed by atoms with Crippen molar-refractivity contribution in [3.8, 4) is 0 Å². The number of esters is 1. The van der Waals surface area contributed by atoms with Gasteiger partial charge < -0.3 is 19.7 Å². The van der Waals surface area contributed by atoms with Crippen molar-refractivity contribution in [1.82, 2.24) is 0 Å². The topological polar surface area (TPSA) is 96.4 Å². The Morgan fingerprint density at radius 1 is 0.951 bits per heavy atom. The monoisotopic (exact) mass is 584 g/mol. The minimum atomic E-state index is -0.691. The SMILES string of the molecule is CC1(C)C2CC[C@@]3(C)C4CC[C@@]5(C(=O)O)CC[C@@H](C6(COC(=O)c7cccs7)CO6)[C@H]5C4CCC3[C@@]2(C)CC[C@H]1O. The highest BCUT2D eigenvalue weighted by molar-refractivity contribution is 7.11. The number of carboxylic acid groups (broad SMARTS) is 1. The van der Waals surface area contributed by atoms with Crippen LogP contribution in [0, 0.1) is 57.2 Å². The van der Waals surface area contributed by atoms with Crippen molar-refractivity contribution in [2.75, 3.05) is 13.2 Å². The summed E-state index contributed by atoms with van der Waals surface area (Å²) in [6.07, 6.45) is 9.61. The zero-order valence-corrected chi connectivity index (χ0v) is 26.0. The molecule has 226 valence electrons. The normalized spacial score (nSPS) is 49.6. The number of hydrogen-bond acceptors (Lipinski definition) is 6. The second-order valence-electron chi connectivity index (χ2n) is 16.0. The molecule has 1 aromatic rings. The summed E-state index contributed by atoms with van der Waals surface area (Å²) in [5.74, 6) is 1.25. The lowest BCUT2D eigenvalue weighted by Gasteiger charge is -2.69. The molecule has 6 fully saturated rings. The van der Waals surface area contributed by atoms with Gasteiger partial charge in [-0.05, 0) is 127 Å². The van der Waals surface area contributed by atoms with Gasteiger partial charge in [-0.3, -0.25) is 4.79 Å². The van der Waals surface area contributed by atoms with Gasteiger partial charge in [0.15, 0.2) is 0 Å². The molecule has 5 aliphatic carbocycles. The van der Waals surface area contributed by atoms with E-state index in [1.807, 2.05) is 11.4 Å². The second-order valence-corrected chi connectivity index (χ2v) is 16.9. The lowest BCUT2D eigenvalue weighted by molar-refractivity contribution is -0.219. The summed E-state index contributed by atoms with van der Waals surface area (Å²) in [6.45, 7) is 10.4. The van der Waals surface area contributed by atoms with Gasteiger partial charge in [0.1, 0.15) is 17.1 Å². The highest BCUT2D eigenvalue weighted by Gasteiger charge is 2.71. The summed E-state index contributed by atoms with van der Waals surface area (Å²) < 4.78 is 12.0. The van der Waals surface area contributed by atoms with Crippen LogP contribution in [0.4, 0.5) is 0 Å². The van der Waals surface area contributed by atoms with Crippen molar-refractivity contribution in [1.29, 1.82) is 0 Å². The number of carbonyl (C=O) groups is 2. The summed E-state index contributed by atoms with van der Waals surface area (Å²) >= 11 is 1.38. The third kappa shape index (κ3) is 3.86. The molecule has 0 aromatic carbocycles. The molecule has 5 saturated carbocycles. The Labute approximate surface area is 248 Å². The predicted octanol–water partition coefficient (Wildman–Crippen LogP) is 6.81. The van der Waals surface area contributed by atoms with Gasteiger partial charge in [-0.25, -0.2) is 4.79 Å². The average molecular weight is 585 g/mol. The van der Waals surface area contributed by atoms with Crippen LogP contribution in [-0.4, -0.2) is 47.1 Å². The van der Waals surface area contributed by atoms with E-state index in [0.29, 0.717) is 41.6 Å². The molecule has 0 spiro atoms.